The Hall–Kier alpha value is -1.13. The number of likely N-dealkylation sites (tertiary alicyclic amines) is 1. The average Bonchev–Trinajstić information content (AvgIpc) is 2.71. The molecule has 0 radical (unpaired) electrons. The minimum absolute atomic E-state index is 0.0925. The number of rotatable bonds is 2. The van der Waals surface area contributed by atoms with Crippen molar-refractivity contribution in [3.05, 3.63) is 28.5 Å². The lowest BCUT2D eigenvalue weighted by molar-refractivity contribution is 0.0740. The largest absolute Gasteiger partial charge is 0.337 e. The van der Waals surface area contributed by atoms with Crippen LogP contribution in [0.2, 0.25) is 5.15 Å². The van der Waals surface area contributed by atoms with E-state index in [0.29, 0.717) is 22.8 Å². The molecule has 2 bridgehead atoms. The molecule has 0 aliphatic carbocycles. The van der Waals surface area contributed by atoms with Crippen molar-refractivity contribution in [2.24, 2.45) is 0 Å². The van der Waals surface area contributed by atoms with Gasteiger partial charge in [-0.05, 0) is 44.9 Å². The van der Waals surface area contributed by atoms with Crippen molar-refractivity contribution < 1.29 is 4.79 Å². The fourth-order valence-electron chi connectivity index (χ4n) is 3.53. The molecule has 21 heavy (non-hydrogen) atoms. The molecule has 2 atom stereocenters. The van der Waals surface area contributed by atoms with Crippen LogP contribution in [-0.4, -0.2) is 52.9 Å². The molecule has 2 aliphatic rings. The lowest BCUT2D eigenvalue weighted by Crippen LogP contribution is -2.39. The predicted octanol–water partition coefficient (Wildman–Crippen LogP) is 2.61. The second kappa shape index (κ2) is 5.93. The Morgan fingerprint density at radius 2 is 2.10 bits per heavy atom. The molecule has 3 rings (SSSR count). The van der Waals surface area contributed by atoms with Crippen LogP contribution >= 0.6 is 11.6 Å². The summed E-state index contributed by atoms with van der Waals surface area (Å²) in [5.41, 5.74) is 1.55. The Bertz CT molecular complexity index is 548. The fraction of sp³-hybridized carbons (Fsp3) is 0.625. The third-order valence-electron chi connectivity index (χ3n) is 4.89. The number of amides is 1. The number of aromatic nitrogens is 1. The number of hydrogen-bond donors (Lipinski definition) is 0. The summed E-state index contributed by atoms with van der Waals surface area (Å²) >= 11 is 6.04. The number of aryl methyl sites for hydroxylation is 1. The standard InChI is InChI=1S/C16H22ClN3O/c1-3-12-8-11(9-15(17)18-12)16(21)20-7-6-13-4-5-14(10-20)19(13)2/h8-9,13-14H,3-7,10H2,1-2H3. The summed E-state index contributed by atoms with van der Waals surface area (Å²) in [5, 5.41) is 0.408. The number of halogens is 1. The SMILES string of the molecule is CCc1cc(C(=O)N2CCC3CCC(C2)N3C)cc(Cl)n1. The number of fused-ring (bicyclic) bond motifs is 2. The second-order valence-electron chi connectivity index (χ2n) is 6.11. The minimum atomic E-state index is 0.0925. The van der Waals surface area contributed by atoms with Crippen molar-refractivity contribution >= 4 is 17.5 Å². The van der Waals surface area contributed by atoms with Crippen LogP contribution in [0.3, 0.4) is 0 Å². The van der Waals surface area contributed by atoms with Crippen LogP contribution in [0.15, 0.2) is 12.1 Å². The van der Waals surface area contributed by atoms with Gasteiger partial charge in [-0.25, -0.2) is 4.98 Å². The molecule has 0 saturated carbocycles. The van der Waals surface area contributed by atoms with E-state index in [2.05, 4.69) is 16.9 Å². The summed E-state index contributed by atoms with van der Waals surface area (Å²) in [4.78, 5) is 21.5. The molecule has 1 amide bonds. The maximum absolute atomic E-state index is 12.8. The highest BCUT2D eigenvalue weighted by molar-refractivity contribution is 6.29. The van der Waals surface area contributed by atoms with Gasteiger partial charge in [-0.2, -0.15) is 0 Å². The lowest BCUT2D eigenvalue weighted by Gasteiger charge is -2.26. The predicted molar refractivity (Wildman–Crippen MR) is 83.7 cm³/mol. The molecule has 0 spiro atoms. The number of nitrogens with zero attached hydrogens (tertiary/aromatic N) is 3. The van der Waals surface area contributed by atoms with Crippen molar-refractivity contribution in [2.45, 2.75) is 44.7 Å². The Morgan fingerprint density at radius 1 is 1.33 bits per heavy atom. The van der Waals surface area contributed by atoms with E-state index in [9.17, 15) is 4.79 Å². The molecule has 1 aromatic rings. The van der Waals surface area contributed by atoms with E-state index in [0.717, 1.165) is 31.6 Å². The molecule has 5 heteroatoms. The number of likely N-dealkylation sites (N-methyl/N-ethyl adjacent to an activating group) is 1. The van der Waals surface area contributed by atoms with Gasteiger partial charge < -0.3 is 4.90 Å². The first-order valence-electron chi connectivity index (χ1n) is 7.76. The van der Waals surface area contributed by atoms with E-state index >= 15 is 0 Å². The van der Waals surface area contributed by atoms with Crippen molar-refractivity contribution in [3.63, 3.8) is 0 Å². The zero-order valence-corrected chi connectivity index (χ0v) is 13.4. The average molecular weight is 308 g/mol. The first-order chi connectivity index (χ1) is 10.1. The van der Waals surface area contributed by atoms with Crippen LogP contribution < -0.4 is 0 Å². The van der Waals surface area contributed by atoms with E-state index in [4.69, 9.17) is 11.6 Å². The maximum atomic E-state index is 12.8. The van der Waals surface area contributed by atoms with Crippen molar-refractivity contribution in [2.75, 3.05) is 20.1 Å². The third-order valence-corrected chi connectivity index (χ3v) is 5.09. The zero-order chi connectivity index (χ0) is 15.0. The van der Waals surface area contributed by atoms with Crippen molar-refractivity contribution in [3.8, 4) is 0 Å². The summed E-state index contributed by atoms with van der Waals surface area (Å²) in [6.45, 7) is 3.69. The summed E-state index contributed by atoms with van der Waals surface area (Å²) < 4.78 is 0. The minimum Gasteiger partial charge on any atom is -0.337 e. The summed E-state index contributed by atoms with van der Waals surface area (Å²) in [6.07, 6.45) is 4.32. The molecule has 0 N–H and O–H groups in total. The van der Waals surface area contributed by atoms with Crippen LogP contribution in [0.4, 0.5) is 0 Å². The smallest absolute Gasteiger partial charge is 0.254 e. The maximum Gasteiger partial charge on any atom is 0.254 e. The molecule has 2 aliphatic heterocycles. The van der Waals surface area contributed by atoms with Gasteiger partial charge in [-0.1, -0.05) is 18.5 Å². The highest BCUT2D eigenvalue weighted by Crippen LogP contribution is 2.29. The molecule has 2 saturated heterocycles. The van der Waals surface area contributed by atoms with Crippen LogP contribution in [0.1, 0.15) is 42.2 Å². The van der Waals surface area contributed by atoms with Gasteiger partial charge in [-0.3, -0.25) is 9.69 Å². The van der Waals surface area contributed by atoms with Gasteiger partial charge in [0, 0.05) is 36.4 Å². The molecule has 0 aromatic carbocycles. The Kier molecular flexibility index (Phi) is 4.18. The topological polar surface area (TPSA) is 36.4 Å². The molecule has 4 nitrogen and oxygen atoms in total. The van der Waals surface area contributed by atoms with E-state index in [1.165, 1.54) is 12.8 Å². The monoisotopic (exact) mass is 307 g/mol. The van der Waals surface area contributed by atoms with Crippen molar-refractivity contribution in [1.29, 1.82) is 0 Å². The first kappa shape index (κ1) is 14.8. The van der Waals surface area contributed by atoms with Gasteiger partial charge in [-0.15, -0.1) is 0 Å². The van der Waals surface area contributed by atoms with Crippen molar-refractivity contribution in [1.82, 2.24) is 14.8 Å². The van der Waals surface area contributed by atoms with Crippen LogP contribution in [0.25, 0.3) is 0 Å². The highest BCUT2D eigenvalue weighted by atomic mass is 35.5. The molecular weight excluding hydrogens is 286 g/mol. The Labute approximate surface area is 131 Å². The van der Waals surface area contributed by atoms with E-state index < -0.39 is 0 Å². The van der Waals surface area contributed by atoms with E-state index in [1.807, 2.05) is 17.9 Å². The quantitative estimate of drug-likeness (QED) is 0.788. The summed E-state index contributed by atoms with van der Waals surface area (Å²) in [6, 6.07) is 4.71. The molecule has 3 heterocycles. The van der Waals surface area contributed by atoms with E-state index in [1.54, 1.807) is 6.07 Å². The van der Waals surface area contributed by atoms with Gasteiger partial charge >= 0.3 is 0 Å². The summed E-state index contributed by atoms with van der Waals surface area (Å²) in [7, 11) is 2.19. The van der Waals surface area contributed by atoms with E-state index in [-0.39, 0.29) is 5.91 Å². The molecule has 2 unspecified atom stereocenters. The number of carbonyl (C=O) groups excluding carboxylic acids is 1. The van der Waals surface area contributed by atoms with Gasteiger partial charge in [0.2, 0.25) is 0 Å². The van der Waals surface area contributed by atoms with Crippen LogP contribution in [0, 0.1) is 0 Å². The Morgan fingerprint density at radius 3 is 2.86 bits per heavy atom. The van der Waals surface area contributed by atoms with Gasteiger partial charge in [0.05, 0.1) is 0 Å². The molecule has 2 fully saturated rings. The van der Waals surface area contributed by atoms with Gasteiger partial charge in [0.25, 0.3) is 5.91 Å². The highest BCUT2D eigenvalue weighted by Gasteiger charge is 2.36. The van der Waals surface area contributed by atoms with Crippen LogP contribution in [-0.2, 0) is 6.42 Å². The molecule has 114 valence electrons. The molecule has 1 aromatic heterocycles. The zero-order valence-electron chi connectivity index (χ0n) is 12.7. The van der Waals surface area contributed by atoms with Gasteiger partial charge in [0.1, 0.15) is 5.15 Å². The second-order valence-corrected chi connectivity index (χ2v) is 6.50. The normalized spacial score (nSPS) is 26.0. The van der Waals surface area contributed by atoms with Gasteiger partial charge in [0.15, 0.2) is 0 Å². The fourth-order valence-corrected chi connectivity index (χ4v) is 3.76. The van der Waals surface area contributed by atoms with Crippen LogP contribution in [0.5, 0.6) is 0 Å². The first-order valence-corrected chi connectivity index (χ1v) is 8.14. The Balaban J connectivity index is 1.80. The summed E-state index contributed by atoms with van der Waals surface area (Å²) in [5.74, 6) is 0.0925. The number of pyridine rings is 1. The lowest BCUT2D eigenvalue weighted by atomic mass is 10.1. The third kappa shape index (κ3) is 2.92. The number of carbonyl (C=O) groups is 1. The number of hydrogen-bond acceptors (Lipinski definition) is 3. The molecular formula is C16H22ClN3O.